The molecule has 1 saturated carbocycles. The van der Waals surface area contributed by atoms with Crippen molar-refractivity contribution in [1.29, 1.82) is 0 Å². The molecule has 0 unspecified atom stereocenters. The second-order valence-corrected chi connectivity index (χ2v) is 9.45. The molecule has 1 aromatic heterocycles. The molecule has 27 heavy (non-hydrogen) atoms. The Labute approximate surface area is 163 Å². The van der Waals surface area contributed by atoms with Crippen LogP contribution in [-0.4, -0.2) is 46.1 Å². The van der Waals surface area contributed by atoms with Crippen molar-refractivity contribution in [3.05, 3.63) is 11.7 Å². The fraction of sp³-hybridized carbons (Fsp3) is 0.857. The van der Waals surface area contributed by atoms with Gasteiger partial charge in [-0.25, -0.2) is 0 Å². The van der Waals surface area contributed by atoms with E-state index in [4.69, 9.17) is 4.52 Å². The monoisotopic (exact) mass is 376 g/mol. The molecule has 1 aromatic rings. The number of nitrogens with zero attached hydrogens (tertiary/aromatic N) is 3. The summed E-state index contributed by atoms with van der Waals surface area (Å²) in [5, 5.41) is 7.27. The summed E-state index contributed by atoms with van der Waals surface area (Å²) in [6.45, 7) is 10.7. The van der Waals surface area contributed by atoms with E-state index in [1.54, 1.807) is 0 Å². The number of carbonyl (C=O) groups is 1. The topological polar surface area (TPSA) is 71.3 Å². The van der Waals surface area contributed by atoms with Gasteiger partial charge in [-0.1, -0.05) is 32.3 Å². The van der Waals surface area contributed by atoms with Gasteiger partial charge in [-0.05, 0) is 51.5 Å². The Balaban J connectivity index is 1.37. The molecular weight excluding hydrogens is 340 g/mol. The lowest BCUT2D eigenvalue weighted by atomic mass is 9.85. The maximum Gasteiger partial charge on any atom is 0.226 e. The van der Waals surface area contributed by atoms with E-state index in [0.29, 0.717) is 24.7 Å². The van der Waals surface area contributed by atoms with Crippen molar-refractivity contribution >= 4 is 5.91 Å². The van der Waals surface area contributed by atoms with E-state index in [0.717, 1.165) is 24.8 Å². The molecule has 2 aliphatic rings. The first-order valence-corrected chi connectivity index (χ1v) is 10.7. The van der Waals surface area contributed by atoms with E-state index >= 15 is 0 Å². The SMILES string of the molecule is C[C@H](NC(=O)CCCc1nc(C(C)(C)C)no1)[C@H]1CCCN(C2CCC2)C1. The van der Waals surface area contributed by atoms with E-state index in [-0.39, 0.29) is 17.4 Å². The van der Waals surface area contributed by atoms with Crippen molar-refractivity contribution in [3.63, 3.8) is 0 Å². The summed E-state index contributed by atoms with van der Waals surface area (Å²) < 4.78 is 5.30. The van der Waals surface area contributed by atoms with Crippen LogP contribution in [0.1, 0.15) is 84.4 Å². The quantitative estimate of drug-likeness (QED) is 0.789. The van der Waals surface area contributed by atoms with Crippen LogP contribution in [0.5, 0.6) is 0 Å². The number of nitrogens with one attached hydrogen (secondary N) is 1. The number of likely N-dealkylation sites (tertiary alicyclic amines) is 1. The van der Waals surface area contributed by atoms with Crippen LogP contribution in [-0.2, 0) is 16.6 Å². The van der Waals surface area contributed by atoms with Gasteiger partial charge in [0.1, 0.15) is 0 Å². The highest BCUT2D eigenvalue weighted by molar-refractivity contribution is 5.76. The lowest BCUT2D eigenvalue weighted by Crippen LogP contribution is -2.50. The Morgan fingerprint density at radius 1 is 1.30 bits per heavy atom. The fourth-order valence-electron chi connectivity index (χ4n) is 4.04. The van der Waals surface area contributed by atoms with Crippen molar-refractivity contribution < 1.29 is 9.32 Å². The number of aromatic nitrogens is 2. The molecule has 152 valence electrons. The molecule has 1 saturated heterocycles. The summed E-state index contributed by atoms with van der Waals surface area (Å²) in [4.78, 5) is 19.4. The first-order chi connectivity index (χ1) is 12.8. The van der Waals surface area contributed by atoms with Crippen molar-refractivity contribution in [1.82, 2.24) is 20.4 Å². The van der Waals surface area contributed by atoms with Gasteiger partial charge in [0.25, 0.3) is 0 Å². The molecule has 2 heterocycles. The molecule has 0 bridgehead atoms. The zero-order valence-electron chi connectivity index (χ0n) is 17.5. The highest BCUT2D eigenvalue weighted by atomic mass is 16.5. The Morgan fingerprint density at radius 2 is 2.07 bits per heavy atom. The third-order valence-corrected chi connectivity index (χ3v) is 6.11. The van der Waals surface area contributed by atoms with Crippen molar-refractivity contribution in [2.75, 3.05) is 13.1 Å². The number of amides is 1. The van der Waals surface area contributed by atoms with Crippen LogP contribution in [0.2, 0.25) is 0 Å². The number of aryl methyl sites for hydroxylation is 1. The third kappa shape index (κ3) is 5.53. The summed E-state index contributed by atoms with van der Waals surface area (Å²) in [6, 6.07) is 1.05. The summed E-state index contributed by atoms with van der Waals surface area (Å²) in [5.74, 6) is 2.07. The first kappa shape index (κ1) is 20.3. The maximum atomic E-state index is 12.3. The van der Waals surface area contributed by atoms with Crippen LogP contribution in [0.25, 0.3) is 0 Å². The smallest absolute Gasteiger partial charge is 0.226 e. The molecule has 3 rings (SSSR count). The van der Waals surface area contributed by atoms with Crippen LogP contribution in [0.3, 0.4) is 0 Å². The molecule has 2 fully saturated rings. The maximum absolute atomic E-state index is 12.3. The zero-order valence-corrected chi connectivity index (χ0v) is 17.5. The Morgan fingerprint density at radius 3 is 2.70 bits per heavy atom. The molecule has 1 aliphatic carbocycles. The minimum absolute atomic E-state index is 0.109. The summed E-state index contributed by atoms with van der Waals surface area (Å²) in [5.41, 5.74) is -0.109. The molecule has 1 N–H and O–H groups in total. The average Bonchev–Trinajstić information content (AvgIpc) is 3.02. The van der Waals surface area contributed by atoms with Crippen molar-refractivity contribution in [2.24, 2.45) is 5.92 Å². The van der Waals surface area contributed by atoms with Gasteiger partial charge in [0.2, 0.25) is 11.8 Å². The van der Waals surface area contributed by atoms with Gasteiger partial charge in [-0.2, -0.15) is 4.98 Å². The van der Waals surface area contributed by atoms with E-state index in [9.17, 15) is 4.79 Å². The summed E-state index contributed by atoms with van der Waals surface area (Å²) >= 11 is 0. The van der Waals surface area contributed by atoms with Crippen LogP contribution >= 0.6 is 0 Å². The normalized spacial score (nSPS) is 23.0. The first-order valence-electron chi connectivity index (χ1n) is 10.7. The van der Waals surface area contributed by atoms with Gasteiger partial charge in [-0.15, -0.1) is 0 Å². The van der Waals surface area contributed by atoms with E-state index < -0.39 is 0 Å². The Kier molecular flexibility index (Phi) is 6.56. The minimum atomic E-state index is -0.109. The van der Waals surface area contributed by atoms with Gasteiger partial charge in [0.05, 0.1) is 0 Å². The van der Waals surface area contributed by atoms with Gasteiger partial charge < -0.3 is 14.7 Å². The van der Waals surface area contributed by atoms with Crippen molar-refractivity contribution in [2.45, 2.75) is 96.6 Å². The average molecular weight is 377 g/mol. The predicted molar refractivity (Wildman–Crippen MR) is 105 cm³/mol. The predicted octanol–water partition coefficient (Wildman–Crippen LogP) is 3.46. The number of piperidine rings is 1. The van der Waals surface area contributed by atoms with Crippen LogP contribution < -0.4 is 5.32 Å². The van der Waals surface area contributed by atoms with Gasteiger partial charge in [0.15, 0.2) is 5.82 Å². The molecular formula is C21H36N4O2. The molecule has 6 heteroatoms. The molecule has 2 atom stereocenters. The van der Waals surface area contributed by atoms with Crippen LogP contribution in [0.4, 0.5) is 0 Å². The number of hydrogen-bond donors (Lipinski definition) is 1. The molecule has 1 amide bonds. The largest absolute Gasteiger partial charge is 0.353 e. The van der Waals surface area contributed by atoms with Crippen molar-refractivity contribution in [3.8, 4) is 0 Å². The van der Waals surface area contributed by atoms with Gasteiger partial charge >= 0.3 is 0 Å². The highest BCUT2D eigenvalue weighted by Crippen LogP contribution is 2.30. The molecule has 0 aromatic carbocycles. The molecule has 6 nitrogen and oxygen atoms in total. The highest BCUT2D eigenvalue weighted by Gasteiger charge is 2.31. The number of carbonyl (C=O) groups excluding carboxylic acids is 1. The fourth-order valence-corrected chi connectivity index (χ4v) is 4.04. The van der Waals surface area contributed by atoms with Gasteiger partial charge in [-0.3, -0.25) is 4.79 Å². The molecule has 1 aliphatic heterocycles. The Bertz CT molecular complexity index is 618. The Hall–Kier alpha value is -1.43. The number of rotatable bonds is 7. The second kappa shape index (κ2) is 8.72. The van der Waals surface area contributed by atoms with E-state index in [1.807, 2.05) is 0 Å². The lowest BCUT2D eigenvalue weighted by molar-refractivity contribution is -0.122. The lowest BCUT2D eigenvalue weighted by Gasteiger charge is -2.43. The summed E-state index contributed by atoms with van der Waals surface area (Å²) in [7, 11) is 0. The van der Waals surface area contributed by atoms with E-state index in [2.05, 4.69) is 48.1 Å². The minimum Gasteiger partial charge on any atom is -0.353 e. The standard InChI is InChI=1S/C21H36N4O2/c1-15(16-8-7-13-25(14-16)17-9-5-10-17)22-18(26)11-6-12-19-23-20(24-27-19)21(2,3)4/h15-17H,5-14H2,1-4H3,(H,22,26)/t15-,16-/m0/s1. The molecule has 0 spiro atoms. The number of hydrogen-bond acceptors (Lipinski definition) is 5. The van der Waals surface area contributed by atoms with Crippen LogP contribution in [0.15, 0.2) is 4.52 Å². The molecule has 0 radical (unpaired) electrons. The second-order valence-electron chi connectivity index (χ2n) is 9.45. The van der Waals surface area contributed by atoms with E-state index in [1.165, 1.54) is 38.6 Å². The third-order valence-electron chi connectivity index (χ3n) is 6.11. The summed E-state index contributed by atoms with van der Waals surface area (Å²) in [6.07, 6.45) is 8.50. The van der Waals surface area contributed by atoms with Gasteiger partial charge in [0, 0.05) is 36.9 Å². The van der Waals surface area contributed by atoms with Crippen LogP contribution in [0, 0.1) is 5.92 Å². The zero-order chi connectivity index (χ0) is 19.4.